The fourth-order valence-electron chi connectivity index (χ4n) is 4.17. The van der Waals surface area contributed by atoms with Gasteiger partial charge < -0.3 is 18.9 Å². The molecular formula is C34H40O7. The third-order valence-corrected chi connectivity index (χ3v) is 6.59. The number of esters is 3. The first-order chi connectivity index (χ1) is 19.7. The molecule has 0 bridgehead atoms. The summed E-state index contributed by atoms with van der Waals surface area (Å²) in [4.78, 5) is 39.3. The topological polar surface area (TPSA) is 88.1 Å². The summed E-state index contributed by atoms with van der Waals surface area (Å²) in [7, 11) is 0. The fourth-order valence-corrected chi connectivity index (χ4v) is 4.17. The summed E-state index contributed by atoms with van der Waals surface area (Å²) in [5, 5.41) is 0. The van der Waals surface area contributed by atoms with Crippen LogP contribution in [-0.2, 0) is 53.0 Å². The Bertz CT molecular complexity index is 1210. The molecule has 0 amide bonds. The number of hydrogen-bond acceptors (Lipinski definition) is 7. The van der Waals surface area contributed by atoms with Crippen LogP contribution in [0.1, 0.15) is 44.4 Å². The molecule has 0 saturated carbocycles. The Balaban J connectivity index is 1.75. The molecule has 41 heavy (non-hydrogen) atoms. The molecule has 4 atom stereocenters. The van der Waals surface area contributed by atoms with Crippen LogP contribution in [0.2, 0.25) is 0 Å². The predicted octanol–water partition coefficient (Wildman–Crippen LogP) is 5.94. The third kappa shape index (κ3) is 10.5. The standard InChI is InChI=1S/C34H40O7/c1-24(2)32(35)41-31(26(4)40-33(36)25(3)21-38-22-28-16-10-6-11-17-28)30(20-27-14-8-5-9-15-27)34(37)39-23-29-18-12-7-13-19-29/h5-19,24-26,30-31H,20-23H2,1-4H3. The molecule has 7 heteroatoms. The van der Waals surface area contributed by atoms with E-state index in [1.165, 1.54) is 0 Å². The van der Waals surface area contributed by atoms with Crippen LogP contribution >= 0.6 is 0 Å². The lowest BCUT2D eigenvalue weighted by atomic mass is 9.90. The predicted molar refractivity (Wildman–Crippen MR) is 155 cm³/mol. The molecule has 3 rings (SSSR count). The number of carbonyl (C=O) groups excluding carboxylic acids is 3. The Morgan fingerprint density at radius 1 is 0.610 bits per heavy atom. The van der Waals surface area contributed by atoms with Crippen molar-refractivity contribution in [2.24, 2.45) is 17.8 Å². The van der Waals surface area contributed by atoms with E-state index in [1.807, 2.05) is 91.0 Å². The van der Waals surface area contributed by atoms with Gasteiger partial charge in [0.15, 0.2) is 6.10 Å². The van der Waals surface area contributed by atoms with Gasteiger partial charge in [0.05, 0.1) is 25.0 Å². The van der Waals surface area contributed by atoms with Crippen molar-refractivity contribution in [3.63, 3.8) is 0 Å². The Kier molecular flexibility index (Phi) is 12.6. The Hall–Kier alpha value is -3.97. The van der Waals surface area contributed by atoms with Gasteiger partial charge in [0.25, 0.3) is 0 Å². The molecule has 3 aromatic carbocycles. The lowest BCUT2D eigenvalue weighted by Gasteiger charge is -2.31. The van der Waals surface area contributed by atoms with E-state index in [-0.39, 0.29) is 19.6 Å². The minimum Gasteiger partial charge on any atom is -0.460 e. The fraction of sp³-hybridized carbons (Fsp3) is 0.382. The van der Waals surface area contributed by atoms with Crippen molar-refractivity contribution in [1.82, 2.24) is 0 Å². The average Bonchev–Trinajstić information content (AvgIpc) is 2.98. The van der Waals surface area contributed by atoms with Crippen LogP contribution in [-0.4, -0.2) is 36.7 Å². The molecule has 0 radical (unpaired) electrons. The summed E-state index contributed by atoms with van der Waals surface area (Å²) in [6, 6.07) is 28.4. The van der Waals surface area contributed by atoms with E-state index in [0.29, 0.717) is 6.61 Å². The molecule has 3 aromatic rings. The molecule has 0 aromatic heterocycles. The minimum absolute atomic E-state index is 0.0692. The lowest BCUT2D eigenvalue weighted by Crippen LogP contribution is -2.45. The van der Waals surface area contributed by atoms with Crippen molar-refractivity contribution >= 4 is 17.9 Å². The van der Waals surface area contributed by atoms with E-state index in [2.05, 4.69) is 0 Å². The molecule has 0 saturated heterocycles. The van der Waals surface area contributed by atoms with Crippen molar-refractivity contribution in [3.8, 4) is 0 Å². The van der Waals surface area contributed by atoms with Crippen molar-refractivity contribution < 1.29 is 33.3 Å². The smallest absolute Gasteiger partial charge is 0.313 e. The van der Waals surface area contributed by atoms with Gasteiger partial charge >= 0.3 is 17.9 Å². The van der Waals surface area contributed by atoms with Gasteiger partial charge in [-0.25, -0.2) is 0 Å². The first-order valence-electron chi connectivity index (χ1n) is 14.0. The summed E-state index contributed by atoms with van der Waals surface area (Å²) >= 11 is 0. The Labute approximate surface area is 242 Å². The van der Waals surface area contributed by atoms with Gasteiger partial charge in [0.2, 0.25) is 0 Å². The molecule has 0 aliphatic rings. The van der Waals surface area contributed by atoms with Crippen molar-refractivity contribution in [2.75, 3.05) is 6.61 Å². The number of ether oxygens (including phenoxy) is 4. The maximum atomic E-state index is 13.5. The van der Waals surface area contributed by atoms with E-state index in [0.717, 1.165) is 16.7 Å². The molecule has 4 unspecified atom stereocenters. The molecule has 0 spiro atoms. The van der Waals surface area contributed by atoms with Crippen LogP contribution in [0.5, 0.6) is 0 Å². The second-order valence-electron chi connectivity index (χ2n) is 10.5. The highest BCUT2D eigenvalue weighted by atomic mass is 16.6. The van der Waals surface area contributed by atoms with Crippen molar-refractivity contribution in [3.05, 3.63) is 108 Å². The summed E-state index contributed by atoms with van der Waals surface area (Å²) in [5.41, 5.74) is 2.69. The van der Waals surface area contributed by atoms with Crippen LogP contribution < -0.4 is 0 Å². The Morgan fingerprint density at radius 2 is 1.12 bits per heavy atom. The van der Waals surface area contributed by atoms with Gasteiger partial charge in [0.1, 0.15) is 18.6 Å². The molecule has 0 aliphatic heterocycles. The first-order valence-corrected chi connectivity index (χ1v) is 14.0. The van der Waals surface area contributed by atoms with Crippen molar-refractivity contribution in [1.29, 1.82) is 0 Å². The van der Waals surface area contributed by atoms with Crippen LogP contribution in [0, 0.1) is 17.8 Å². The second kappa shape index (κ2) is 16.3. The molecular weight excluding hydrogens is 520 g/mol. The maximum Gasteiger partial charge on any atom is 0.313 e. The molecule has 7 nitrogen and oxygen atoms in total. The maximum absolute atomic E-state index is 13.5. The van der Waals surface area contributed by atoms with Gasteiger partial charge in [-0.1, -0.05) is 105 Å². The van der Waals surface area contributed by atoms with E-state index < -0.39 is 47.9 Å². The van der Waals surface area contributed by atoms with E-state index in [4.69, 9.17) is 18.9 Å². The first kappa shape index (κ1) is 31.6. The number of carbonyl (C=O) groups is 3. The molecule has 0 aliphatic carbocycles. The van der Waals surface area contributed by atoms with Crippen LogP contribution in [0.4, 0.5) is 0 Å². The highest BCUT2D eigenvalue weighted by Crippen LogP contribution is 2.24. The second-order valence-corrected chi connectivity index (χ2v) is 10.5. The quantitative estimate of drug-likeness (QED) is 0.168. The van der Waals surface area contributed by atoms with Crippen LogP contribution in [0.15, 0.2) is 91.0 Å². The highest BCUT2D eigenvalue weighted by molar-refractivity contribution is 5.76. The normalized spacial score (nSPS) is 14.0. The lowest BCUT2D eigenvalue weighted by molar-refractivity contribution is -0.182. The molecule has 0 N–H and O–H groups in total. The zero-order valence-electron chi connectivity index (χ0n) is 24.2. The van der Waals surface area contributed by atoms with Gasteiger partial charge in [0, 0.05) is 0 Å². The van der Waals surface area contributed by atoms with E-state index in [9.17, 15) is 14.4 Å². The molecule has 0 fully saturated rings. The number of hydrogen-bond donors (Lipinski definition) is 0. The molecule has 218 valence electrons. The largest absolute Gasteiger partial charge is 0.460 e. The van der Waals surface area contributed by atoms with Gasteiger partial charge in [-0.3, -0.25) is 14.4 Å². The highest BCUT2D eigenvalue weighted by Gasteiger charge is 2.39. The van der Waals surface area contributed by atoms with E-state index in [1.54, 1.807) is 27.7 Å². The van der Waals surface area contributed by atoms with Gasteiger partial charge in [-0.15, -0.1) is 0 Å². The summed E-state index contributed by atoms with van der Waals surface area (Å²) < 4.78 is 23.0. The SMILES string of the molecule is CC(C)C(=O)OC(C(C)OC(=O)C(C)COCc1ccccc1)C(Cc1ccccc1)C(=O)OCc1ccccc1. The monoisotopic (exact) mass is 560 g/mol. The van der Waals surface area contributed by atoms with E-state index >= 15 is 0 Å². The summed E-state index contributed by atoms with van der Waals surface area (Å²) in [5.74, 6) is -3.46. The zero-order chi connectivity index (χ0) is 29.6. The molecule has 0 heterocycles. The van der Waals surface area contributed by atoms with Crippen molar-refractivity contribution in [2.45, 2.75) is 59.5 Å². The zero-order valence-corrected chi connectivity index (χ0v) is 24.2. The third-order valence-electron chi connectivity index (χ3n) is 6.59. The Morgan fingerprint density at radius 3 is 1.66 bits per heavy atom. The average molecular weight is 561 g/mol. The van der Waals surface area contributed by atoms with Crippen LogP contribution in [0.3, 0.4) is 0 Å². The summed E-state index contributed by atoms with van der Waals surface area (Å²) in [6.07, 6.45) is -1.74. The number of rotatable bonds is 15. The van der Waals surface area contributed by atoms with Gasteiger partial charge in [-0.05, 0) is 37.0 Å². The van der Waals surface area contributed by atoms with Crippen LogP contribution in [0.25, 0.3) is 0 Å². The number of benzene rings is 3. The minimum atomic E-state index is -1.06. The summed E-state index contributed by atoms with van der Waals surface area (Å²) in [6.45, 7) is 7.36. The van der Waals surface area contributed by atoms with Gasteiger partial charge in [-0.2, -0.15) is 0 Å².